The Hall–Kier alpha value is -1.97. The molecule has 1 heterocycles. The van der Waals surface area contributed by atoms with E-state index in [0.29, 0.717) is 13.0 Å². The zero-order valence-electron chi connectivity index (χ0n) is 10.4. The van der Waals surface area contributed by atoms with Gasteiger partial charge in [-0.2, -0.15) is 0 Å². The molecule has 0 saturated carbocycles. The topological polar surface area (TPSA) is 52.0 Å². The first-order valence-electron chi connectivity index (χ1n) is 6.12. The third-order valence-corrected chi connectivity index (χ3v) is 2.91. The highest BCUT2D eigenvalue weighted by Gasteiger charge is 2.03. The van der Waals surface area contributed by atoms with Crippen molar-refractivity contribution >= 4 is 16.8 Å². The highest BCUT2D eigenvalue weighted by molar-refractivity contribution is 5.75. The Bertz CT molecular complexity index is 616. The van der Waals surface area contributed by atoms with E-state index in [2.05, 4.69) is 4.98 Å². The lowest BCUT2D eigenvalue weighted by Gasteiger charge is -2.08. The Labute approximate surface area is 105 Å². The van der Waals surface area contributed by atoms with Crippen molar-refractivity contribution in [3.63, 3.8) is 0 Å². The molecule has 0 fully saturated rings. The van der Waals surface area contributed by atoms with E-state index < -0.39 is 0 Å². The molecule has 18 heavy (non-hydrogen) atoms. The number of aromatic nitrogens is 2. The number of carbonyl (C=O) groups is 1. The van der Waals surface area contributed by atoms with Crippen LogP contribution in [-0.4, -0.2) is 15.3 Å². The molecule has 1 aromatic carbocycles. The first-order valence-corrected chi connectivity index (χ1v) is 6.12. The number of Topliss-reactive ketones (excluding diaryl/α,β-unsaturated/α-hetero) is 1. The van der Waals surface area contributed by atoms with Crippen molar-refractivity contribution in [3.8, 4) is 0 Å². The van der Waals surface area contributed by atoms with Gasteiger partial charge < -0.3 is 9.36 Å². The van der Waals surface area contributed by atoms with E-state index in [1.165, 1.54) is 6.20 Å². The average Bonchev–Trinajstić information content (AvgIpc) is 2.36. The summed E-state index contributed by atoms with van der Waals surface area (Å²) < 4.78 is 1.72. The van der Waals surface area contributed by atoms with E-state index in [9.17, 15) is 9.59 Å². The number of aryl methyl sites for hydroxylation is 1. The van der Waals surface area contributed by atoms with E-state index in [1.54, 1.807) is 11.5 Å². The van der Waals surface area contributed by atoms with Crippen LogP contribution in [0.5, 0.6) is 0 Å². The van der Waals surface area contributed by atoms with E-state index >= 15 is 0 Å². The number of unbranched alkanes of at least 4 members (excludes halogenated alkanes) is 1. The molecule has 0 aliphatic heterocycles. The Kier molecular flexibility index (Phi) is 3.87. The number of nitrogens with zero attached hydrogens (tertiary/aromatic N) is 2. The van der Waals surface area contributed by atoms with Crippen molar-refractivity contribution in [2.45, 2.75) is 32.7 Å². The molecule has 0 unspecified atom stereocenters. The molecule has 0 spiro atoms. The maximum Gasteiger partial charge on any atom is 0.269 e. The van der Waals surface area contributed by atoms with E-state index in [0.717, 1.165) is 23.9 Å². The Morgan fingerprint density at radius 3 is 2.83 bits per heavy atom. The van der Waals surface area contributed by atoms with Crippen LogP contribution in [0.3, 0.4) is 0 Å². The highest BCUT2D eigenvalue weighted by Crippen LogP contribution is 2.09. The van der Waals surface area contributed by atoms with Crippen LogP contribution in [0.4, 0.5) is 0 Å². The van der Waals surface area contributed by atoms with E-state index in [1.807, 2.05) is 24.3 Å². The van der Waals surface area contributed by atoms with Gasteiger partial charge in [-0.05, 0) is 31.9 Å². The number of fused-ring (bicyclic) bond motifs is 1. The number of hydrogen-bond donors (Lipinski definition) is 0. The summed E-state index contributed by atoms with van der Waals surface area (Å²) >= 11 is 0. The minimum atomic E-state index is -0.0866. The quantitative estimate of drug-likeness (QED) is 0.757. The number of ketones is 1. The minimum Gasteiger partial charge on any atom is -0.305 e. The van der Waals surface area contributed by atoms with Gasteiger partial charge in [-0.3, -0.25) is 4.79 Å². The maximum absolute atomic E-state index is 11.8. The number of para-hydroxylation sites is 2. The Balaban J connectivity index is 2.19. The smallest absolute Gasteiger partial charge is 0.269 e. The van der Waals surface area contributed by atoms with Gasteiger partial charge in [-0.1, -0.05) is 12.1 Å². The van der Waals surface area contributed by atoms with Gasteiger partial charge in [0.25, 0.3) is 5.56 Å². The third kappa shape index (κ3) is 2.83. The van der Waals surface area contributed by atoms with Crippen LogP contribution in [0.15, 0.2) is 35.3 Å². The molecule has 2 aromatic rings. The molecule has 0 aliphatic carbocycles. The molecule has 4 heteroatoms. The molecular formula is C14H16N2O2. The van der Waals surface area contributed by atoms with Crippen LogP contribution < -0.4 is 5.56 Å². The van der Waals surface area contributed by atoms with Crippen molar-refractivity contribution in [1.29, 1.82) is 0 Å². The lowest BCUT2D eigenvalue weighted by atomic mass is 10.2. The lowest BCUT2D eigenvalue weighted by molar-refractivity contribution is -0.117. The van der Waals surface area contributed by atoms with E-state index in [4.69, 9.17) is 0 Å². The van der Waals surface area contributed by atoms with Crippen molar-refractivity contribution in [1.82, 2.24) is 9.55 Å². The van der Waals surface area contributed by atoms with Gasteiger partial charge in [0, 0.05) is 13.0 Å². The number of rotatable bonds is 5. The maximum atomic E-state index is 11.8. The molecule has 94 valence electrons. The van der Waals surface area contributed by atoms with Gasteiger partial charge in [-0.25, -0.2) is 4.98 Å². The molecule has 0 amide bonds. The Morgan fingerprint density at radius 2 is 2.06 bits per heavy atom. The fourth-order valence-electron chi connectivity index (χ4n) is 1.99. The molecular weight excluding hydrogens is 228 g/mol. The third-order valence-electron chi connectivity index (χ3n) is 2.91. The van der Waals surface area contributed by atoms with Gasteiger partial charge >= 0.3 is 0 Å². The summed E-state index contributed by atoms with van der Waals surface area (Å²) in [6.45, 7) is 2.23. The average molecular weight is 244 g/mol. The van der Waals surface area contributed by atoms with Crippen molar-refractivity contribution < 1.29 is 4.79 Å². The summed E-state index contributed by atoms with van der Waals surface area (Å²) in [4.78, 5) is 26.8. The molecule has 0 N–H and O–H groups in total. The zero-order chi connectivity index (χ0) is 13.0. The van der Waals surface area contributed by atoms with Crippen LogP contribution >= 0.6 is 0 Å². The van der Waals surface area contributed by atoms with Crippen LogP contribution in [0.2, 0.25) is 0 Å². The largest absolute Gasteiger partial charge is 0.305 e. The standard InChI is InChI=1S/C14H16N2O2/c1-11(17)6-4-5-9-16-13-8-3-2-7-12(13)15-10-14(16)18/h2-3,7-8,10H,4-6,9H2,1H3. The SMILES string of the molecule is CC(=O)CCCCn1c(=O)cnc2ccccc21. The van der Waals surface area contributed by atoms with Crippen LogP contribution in [-0.2, 0) is 11.3 Å². The van der Waals surface area contributed by atoms with Crippen molar-refractivity contribution in [2.75, 3.05) is 0 Å². The predicted molar refractivity (Wildman–Crippen MR) is 70.5 cm³/mol. The normalized spacial score (nSPS) is 10.7. The fraction of sp³-hybridized carbons (Fsp3) is 0.357. The fourth-order valence-corrected chi connectivity index (χ4v) is 1.99. The summed E-state index contributed by atoms with van der Waals surface area (Å²) in [5, 5.41) is 0. The molecule has 0 aliphatic rings. The molecule has 1 aromatic heterocycles. The van der Waals surface area contributed by atoms with Gasteiger partial charge in [0.05, 0.1) is 17.2 Å². The zero-order valence-corrected chi connectivity index (χ0v) is 10.4. The second-order valence-electron chi connectivity index (χ2n) is 4.40. The lowest BCUT2D eigenvalue weighted by Crippen LogP contribution is -2.20. The number of hydrogen-bond acceptors (Lipinski definition) is 3. The van der Waals surface area contributed by atoms with Gasteiger partial charge in [0.15, 0.2) is 0 Å². The van der Waals surface area contributed by atoms with Gasteiger partial charge in [-0.15, -0.1) is 0 Å². The van der Waals surface area contributed by atoms with Crippen molar-refractivity contribution in [3.05, 3.63) is 40.8 Å². The monoisotopic (exact) mass is 244 g/mol. The summed E-state index contributed by atoms with van der Waals surface area (Å²) in [7, 11) is 0. The molecule has 0 atom stereocenters. The van der Waals surface area contributed by atoms with Gasteiger partial charge in [0.1, 0.15) is 5.78 Å². The van der Waals surface area contributed by atoms with E-state index in [-0.39, 0.29) is 11.3 Å². The van der Waals surface area contributed by atoms with Crippen LogP contribution in [0.1, 0.15) is 26.2 Å². The number of benzene rings is 1. The highest BCUT2D eigenvalue weighted by atomic mass is 16.1. The minimum absolute atomic E-state index is 0.0866. The van der Waals surface area contributed by atoms with Crippen molar-refractivity contribution in [2.24, 2.45) is 0 Å². The molecule has 0 bridgehead atoms. The summed E-state index contributed by atoms with van der Waals surface area (Å²) in [6, 6.07) is 7.59. The Morgan fingerprint density at radius 1 is 1.28 bits per heavy atom. The molecule has 0 saturated heterocycles. The first kappa shape index (κ1) is 12.5. The molecule has 2 rings (SSSR count). The number of carbonyl (C=O) groups excluding carboxylic acids is 1. The van der Waals surface area contributed by atoms with Crippen LogP contribution in [0.25, 0.3) is 11.0 Å². The second-order valence-corrected chi connectivity index (χ2v) is 4.40. The predicted octanol–water partition coefficient (Wildman–Crippen LogP) is 2.16. The first-order chi connectivity index (χ1) is 8.68. The second kappa shape index (κ2) is 5.58. The molecule has 4 nitrogen and oxygen atoms in total. The summed E-state index contributed by atoms with van der Waals surface area (Å²) in [5.74, 6) is 0.196. The summed E-state index contributed by atoms with van der Waals surface area (Å²) in [5.41, 5.74) is 1.59. The van der Waals surface area contributed by atoms with Crippen LogP contribution in [0, 0.1) is 0 Å². The van der Waals surface area contributed by atoms with Gasteiger partial charge in [0.2, 0.25) is 0 Å². The molecule has 0 radical (unpaired) electrons. The summed E-state index contributed by atoms with van der Waals surface area (Å²) in [6.07, 6.45) is 3.58.